The largest absolute Gasteiger partial charge is 0.338 e. The summed E-state index contributed by atoms with van der Waals surface area (Å²) in [5, 5.41) is 0. The Morgan fingerprint density at radius 2 is 2.07 bits per heavy atom. The van der Waals surface area contributed by atoms with Gasteiger partial charge in [0.05, 0.1) is 12.1 Å². The number of H-pyrrole nitrogens is 1. The standard InChI is InChI=1S/C21H27N5O2/c1-14-19(21(28)24-15(2)23-14)9-20(27)26-11-16-6-7-18(26)13-25(10-16)12-17-5-3-4-8-22-17/h3-5,8,16,18H,6-7,9-13H2,1-2H3,(H,23,24,28). The van der Waals surface area contributed by atoms with Crippen LogP contribution >= 0.6 is 0 Å². The molecule has 2 aromatic rings. The topological polar surface area (TPSA) is 82.2 Å². The molecule has 28 heavy (non-hydrogen) atoms. The van der Waals surface area contributed by atoms with Crippen LogP contribution in [0.5, 0.6) is 0 Å². The lowest BCUT2D eigenvalue weighted by molar-refractivity contribution is -0.134. The maximum Gasteiger partial charge on any atom is 0.254 e. The van der Waals surface area contributed by atoms with Gasteiger partial charge in [-0.3, -0.25) is 19.5 Å². The lowest BCUT2D eigenvalue weighted by atomic mass is 9.94. The van der Waals surface area contributed by atoms with E-state index in [1.165, 1.54) is 0 Å². The first kappa shape index (κ1) is 18.8. The Balaban J connectivity index is 1.47. The van der Waals surface area contributed by atoms with Crippen molar-refractivity contribution >= 4 is 5.91 Å². The predicted octanol–water partition coefficient (Wildman–Crippen LogP) is 1.45. The minimum absolute atomic E-state index is 0.0358. The molecule has 0 radical (unpaired) electrons. The summed E-state index contributed by atoms with van der Waals surface area (Å²) in [7, 11) is 0. The zero-order chi connectivity index (χ0) is 19.7. The summed E-state index contributed by atoms with van der Waals surface area (Å²) in [5.41, 5.74) is 2.00. The summed E-state index contributed by atoms with van der Waals surface area (Å²) >= 11 is 0. The number of carbonyl (C=O) groups is 1. The first-order valence-corrected chi connectivity index (χ1v) is 9.97. The molecule has 3 fully saturated rings. The second-order valence-corrected chi connectivity index (χ2v) is 8.05. The van der Waals surface area contributed by atoms with E-state index in [0.717, 1.165) is 44.7 Å². The lowest BCUT2D eigenvalue weighted by Gasteiger charge is -2.36. The first-order chi connectivity index (χ1) is 13.5. The first-order valence-electron chi connectivity index (χ1n) is 9.97. The third-order valence-corrected chi connectivity index (χ3v) is 5.89. The van der Waals surface area contributed by atoms with E-state index in [2.05, 4.69) is 25.9 Å². The Morgan fingerprint density at radius 3 is 2.82 bits per heavy atom. The summed E-state index contributed by atoms with van der Waals surface area (Å²) in [6, 6.07) is 6.20. The highest BCUT2D eigenvalue weighted by Crippen LogP contribution is 2.29. The molecule has 1 N–H and O–H groups in total. The Hall–Kier alpha value is -2.54. The molecular formula is C21H27N5O2. The van der Waals surface area contributed by atoms with Crippen molar-refractivity contribution in [3.8, 4) is 0 Å². The van der Waals surface area contributed by atoms with Crippen LogP contribution in [0.15, 0.2) is 29.2 Å². The number of fused-ring (bicyclic) bond motifs is 4. The fourth-order valence-corrected chi connectivity index (χ4v) is 4.55. The van der Waals surface area contributed by atoms with Gasteiger partial charge < -0.3 is 9.88 Å². The van der Waals surface area contributed by atoms with Crippen molar-refractivity contribution in [3.63, 3.8) is 0 Å². The van der Waals surface area contributed by atoms with Gasteiger partial charge in [0.1, 0.15) is 5.82 Å². The molecule has 7 heteroatoms. The molecule has 2 atom stereocenters. The molecule has 7 nitrogen and oxygen atoms in total. The molecule has 5 heterocycles. The molecule has 0 aliphatic carbocycles. The average Bonchev–Trinajstić information content (AvgIpc) is 2.96. The van der Waals surface area contributed by atoms with Crippen LogP contribution in [0.25, 0.3) is 0 Å². The number of piperidine rings is 1. The number of amides is 1. The van der Waals surface area contributed by atoms with Gasteiger partial charge in [-0.2, -0.15) is 0 Å². The third-order valence-electron chi connectivity index (χ3n) is 5.89. The Bertz CT molecular complexity index is 911. The van der Waals surface area contributed by atoms with E-state index in [9.17, 15) is 9.59 Å². The Morgan fingerprint density at radius 1 is 1.21 bits per heavy atom. The van der Waals surface area contributed by atoms with Crippen molar-refractivity contribution in [2.75, 3.05) is 19.6 Å². The number of pyridine rings is 1. The van der Waals surface area contributed by atoms with Crippen molar-refractivity contribution in [1.29, 1.82) is 0 Å². The van der Waals surface area contributed by atoms with Gasteiger partial charge in [-0.1, -0.05) is 6.07 Å². The number of hydrogen-bond donors (Lipinski definition) is 1. The SMILES string of the molecule is Cc1nc(C)c(CC(=O)N2CC3CCC2CN(Cc2ccccn2)C3)c(=O)[nH]1. The molecule has 0 spiro atoms. The summed E-state index contributed by atoms with van der Waals surface area (Å²) < 4.78 is 0. The van der Waals surface area contributed by atoms with Crippen molar-refractivity contribution in [2.45, 2.75) is 45.7 Å². The van der Waals surface area contributed by atoms with Crippen LogP contribution < -0.4 is 5.56 Å². The number of aryl methyl sites for hydroxylation is 2. The maximum atomic E-state index is 13.1. The van der Waals surface area contributed by atoms with Crippen LogP contribution in [0.2, 0.25) is 0 Å². The fourth-order valence-electron chi connectivity index (χ4n) is 4.55. The van der Waals surface area contributed by atoms with Crippen LogP contribution in [0.1, 0.15) is 35.6 Å². The van der Waals surface area contributed by atoms with E-state index in [1.54, 1.807) is 13.8 Å². The van der Waals surface area contributed by atoms with E-state index >= 15 is 0 Å². The number of rotatable bonds is 4. The van der Waals surface area contributed by atoms with Gasteiger partial charge in [0.2, 0.25) is 5.91 Å². The van der Waals surface area contributed by atoms with Crippen LogP contribution in [0.4, 0.5) is 0 Å². The minimum Gasteiger partial charge on any atom is -0.338 e. The molecule has 2 unspecified atom stereocenters. The van der Waals surface area contributed by atoms with Crippen molar-refractivity contribution in [1.82, 2.24) is 24.8 Å². The minimum atomic E-state index is -0.199. The molecule has 2 aromatic heterocycles. The van der Waals surface area contributed by atoms with Crippen LogP contribution in [0.3, 0.4) is 0 Å². The highest BCUT2D eigenvalue weighted by atomic mass is 16.2. The molecule has 148 valence electrons. The van der Waals surface area contributed by atoms with Gasteiger partial charge in [0.15, 0.2) is 0 Å². The number of aromatic amines is 1. The van der Waals surface area contributed by atoms with E-state index in [0.29, 0.717) is 23.0 Å². The lowest BCUT2D eigenvalue weighted by Crippen LogP contribution is -2.48. The number of carbonyl (C=O) groups excluding carboxylic acids is 1. The molecule has 3 aliphatic heterocycles. The van der Waals surface area contributed by atoms with Crippen LogP contribution in [-0.4, -0.2) is 56.3 Å². The third kappa shape index (κ3) is 3.99. The molecule has 2 bridgehead atoms. The molecule has 0 saturated carbocycles. The molecule has 0 aromatic carbocycles. The van der Waals surface area contributed by atoms with Gasteiger partial charge in [-0.15, -0.1) is 0 Å². The highest BCUT2D eigenvalue weighted by Gasteiger charge is 2.37. The Kier molecular flexibility index (Phi) is 5.26. The molecule has 1 amide bonds. The van der Waals surface area contributed by atoms with Gasteiger partial charge in [0, 0.05) is 49.7 Å². The fraction of sp³-hybridized carbons (Fsp3) is 0.524. The summed E-state index contributed by atoms with van der Waals surface area (Å²) in [6.07, 6.45) is 4.13. The van der Waals surface area contributed by atoms with E-state index in [-0.39, 0.29) is 23.9 Å². The van der Waals surface area contributed by atoms with E-state index in [1.807, 2.05) is 23.2 Å². The zero-order valence-corrected chi connectivity index (χ0v) is 16.5. The normalized spacial score (nSPS) is 22.3. The second-order valence-electron chi connectivity index (χ2n) is 8.05. The molecule has 3 aliphatic rings. The molecule has 3 saturated heterocycles. The van der Waals surface area contributed by atoms with E-state index in [4.69, 9.17) is 0 Å². The zero-order valence-electron chi connectivity index (χ0n) is 16.5. The van der Waals surface area contributed by atoms with Crippen LogP contribution in [0, 0.1) is 19.8 Å². The van der Waals surface area contributed by atoms with Gasteiger partial charge in [-0.05, 0) is 44.7 Å². The van der Waals surface area contributed by atoms with Gasteiger partial charge >= 0.3 is 0 Å². The maximum absolute atomic E-state index is 13.1. The smallest absolute Gasteiger partial charge is 0.254 e. The number of nitrogens with one attached hydrogen (secondary N) is 1. The van der Waals surface area contributed by atoms with Gasteiger partial charge in [-0.25, -0.2) is 4.98 Å². The summed E-state index contributed by atoms with van der Waals surface area (Å²) in [6.45, 7) is 7.00. The summed E-state index contributed by atoms with van der Waals surface area (Å²) in [5.74, 6) is 1.09. The Labute approximate surface area is 164 Å². The van der Waals surface area contributed by atoms with Crippen molar-refractivity contribution in [2.24, 2.45) is 5.92 Å². The number of hydrogen-bond acceptors (Lipinski definition) is 5. The number of nitrogens with zero attached hydrogens (tertiary/aromatic N) is 4. The second kappa shape index (κ2) is 7.83. The number of aromatic nitrogens is 3. The van der Waals surface area contributed by atoms with Crippen molar-refractivity contribution in [3.05, 3.63) is 57.5 Å². The summed E-state index contributed by atoms with van der Waals surface area (Å²) in [4.78, 5) is 41.3. The molecular weight excluding hydrogens is 354 g/mol. The monoisotopic (exact) mass is 381 g/mol. The van der Waals surface area contributed by atoms with Gasteiger partial charge in [0.25, 0.3) is 5.56 Å². The molecule has 5 rings (SSSR count). The average molecular weight is 381 g/mol. The quantitative estimate of drug-likeness (QED) is 0.867. The van der Waals surface area contributed by atoms with E-state index < -0.39 is 0 Å². The van der Waals surface area contributed by atoms with Crippen molar-refractivity contribution < 1.29 is 4.79 Å². The highest BCUT2D eigenvalue weighted by molar-refractivity contribution is 5.79. The predicted molar refractivity (Wildman–Crippen MR) is 106 cm³/mol. The van der Waals surface area contributed by atoms with Crippen LogP contribution in [-0.2, 0) is 17.8 Å².